The number of aromatic amines is 1. The van der Waals surface area contributed by atoms with E-state index in [1.165, 1.54) is 0 Å². The maximum Gasteiger partial charge on any atom is 0.244 e. The number of aromatic nitrogens is 2. The molecule has 2 aromatic rings. The number of likely N-dealkylation sites (tertiary alicyclic amines) is 1. The Labute approximate surface area is 105 Å². The number of nitrogens with zero attached hydrogens (tertiary/aromatic N) is 2. The second kappa shape index (κ2) is 4.42. The number of fused-ring (bicyclic) bond motifs is 1. The highest BCUT2D eigenvalue weighted by molar-refractivity contribution is 5.85. The molecule has 94 valence electrons. The number of amides is 1. The summed E-state index contributed by atoms with van der Waals surface area (Å²) in [5.41, 5.74) is 8.69. The van der Waals surface area contributed by atoms with Gasteiger partial charge in [-0.2, -0.15) is 0 Å². The summed E-state index contributed by atoms with van der Waals surface area (Å²) in [7, 11) is 0. The summed E-state index contributed by atoms with van der Waals surface area (Å²) in [5, 5.41) is 0. The van der Waals surface area contributed by atoms with Crippen LogP contribution >= 0.6 is 0 Å². The molecule has 5 nitrogen and oxygen atoms in total. The number of carbonyl (C=O) groups excluding carboxylic acids is 1. The Bertz CT molecular complexity index is 571. The zero-order chi connectivity index (χ0) is 12.5. The first-order valence-corrected chi connectivity index (χ1v) is 6.23. The minimum Gasteiger partial charge on any atom is -0.345 e. The number of hydrogen-bond donors (Lipinski definition) is 2. The summed E-state index contributed by atoms with van der Waals surface area (Å²) in [5.74, 6) is 0.0198. The van der Waals surface area contributed by atoms with Crippen LogP contribution in [0, 0.1) is 0 Å². The van der Waals surface area contributed by atoms with Gasteiger partial charge in [-0.25, -0.2) is 4.98 Å². The smallest absolute Gasteiger partial charge is 0.244 e. The van der Waals surface area contributed by atoms with E-state index in [-0.39, 0.29) is 5.91 Å². The zero-order valence-corrected chi connectivity index (χ0v) is 10.1. The fraction of sp³-hybridized carbons (Fsp3) is 0.385. The Morgan fingerprint density at radius 3 is 2.94 bits per heavy atom. The van der Waals surface area contributed by atoms with E-state index in [2.05, 4.69) is 9.97 Å². The average Bonchev–Trinajstić information content (AvgIpc) is 3.06. The molecule has 1 unspecified atom stereocenters. The third-order valence-corrected chi connectivity index (χ3v) is 3.49. The predicted octanol–water partition coefficient (Wildman–Crippen LogP) is 1.19. The maximum absolute atomic E-state index is 12.2. The van der Waals surface area contributed by atoms with Crippen molar-refractivity contribution < 1.29 is 4.79 Å². The second-order valence-electron chi connectivity index (χ2n) is 4.69. The van der Waals surface area contributed by atoms with Crippen LogP contribution in [0.4, 0.5) is 0 Å². The monoisotopic (exact) mass is 244 g/mol. The average molecular weight is 244 g/mol. The van der Waals surface area contributed by atoms with Crippen LogP contribution in [0.25, 0.3) is 11.0 Å². The molecule has 1 fully saturated rings. The highest BCUT2D eigenvalue weighted by Gasteiger charge is 2.24. The van der Waals surface area contributed by atoms with Crippen LogP contribution < -0.4 is 5.73 Å². The molecule has 1 aromatic carbocycles. The van der Waals surface area contributed by atoms with E-state index in [1.54, 1.807) is 6.33 Å². The Balaban J connectivity index is 1.85. The van der Waals surface area contributed by atoms with E-state index in [4.69, 9.17) is 5.73 Å². The van der Waals surface area contributed by atoms with Crippen molar-refractivity contribution in [1.29, 1.82) is 0 Å². The Kier molecular flexibility index (Phi) is 2.76. The minimum atomic E-state index is -0.573. The summed E-state index contributed by atoms with van der Waals surface area (Å²) in [6, 6.07) is 5.09. The van der Waals surface area contributed by atoms with Crippen LogP contribution in [0.5, 0.6) is 0 Å². The lowest BCUT2D eigenvalue weighted by Crippen LogP contribution is -2.36. The summed E-state index contributed by atoms with van der Waals surface area (Å²) in [6.45, 7) is 1.66. The normalized spacial score (nSPS) is 17.3. The first kappa shape index (κ1) is 11.2. The van der Waals surface area contributed by atoms with Crippen molar-refractivity contribution in [3.05, 3.63) is 30.1 Å². The maximum atomic E-state index is 12.2. The summed E-state index contributed by atoms with van der Waals surface area (Å²) in [6.07, 6.45) is 3.80. The van der Waals surface area contributed by atoms with Crippen LogP contribution in [0.3, 0.4) is 0 Å². The van der Waals surface area contributed by atoms with Gasteiger partial charge in [-0.15, -0.1) is 0 Å². The van der Waals surface area contributed by atoms with Crippen molar-refractivity contribution in [2.24, 2.45) is 5.73 Å². The summed E-state index contributed by atoms with van der Waals surface area (Å²) in [4.78, 5) is 21.2. The molecule has 1 aliphatic rings. The molecule has 3 rings (SSSR count). The summed E-state index contributed by atoms with van der Waals surface area (Å²) < 4.78 is 0. The molecule has 1 amide bonds. The molecule has 18 heavy (non-hydrogen) atoms. The number of nitrogens with one attached hydrogen (secondary N) is 1. The topological polar surface area (TPSA) is 75.0 Å². The summed E-state index contributed by atoms with van der Waals surface area (Å²) >= 11 is 0. The van der Waals surface area contributed by atoms with E-state index < -0.39 is 6.04 Å². The highest BCUT2D eigenvalue weighted by Crippen LogP contribution is 2.20. The number of benzene rings is 1. The van der Waals surface area contributed by atoms with Crippen LogP contribution in [-0.2, 0) is 4.79 Å². The van der Waals surface area contributed by atoms with E-state index in [9.17, 15) is 4.79 Å². The van der Waals surface area contributed by atoms with Gasteiger partial charge < -0.3 is 15.6 Å². The lowest BCUT2D eigenvalue weighted by molar-refractivity contribution is -0.131. The van der Waals surface area contributed by atoms with Gasteiger partial charge in [0.1, 0.15) is 6.04 Å². The van der Waals surface area contributed by atoms with Gasteiger partial charge >= 0.3 is 0 Å². The Hall–Kier alpha value is -1.88. The molecule has 3 N–H and O–H groups in total. The molecule has 5 heteroatoms. The Morgan fingerprint density at radius 1 is 1.39 bits per heavy atom. The van der Waals surface area contributed by atoms with Gasteiger partial charge in [0.05, 0.1) is 17.4 Å². The van der Waals surface area contributed by atoms with E-state index >= 15 is 0 Å². The van der Waals surface area contributed by atoms with Crippen LogP contribution in [0.2, 0.25) is 0 Å². The number of nitrogens with two attached hydrogens (primary N) is 1. The van der Waals surface area contributed by atoms with Crippen LogP contribution in [-0.4, -0.2) is 33.9 Å². The quantitative estimate of drug-likeness (QED) is 0.833. The molecule has 1 atom stereocenters. The molecule has 0 bridgehead atoms. The lowest BCUT2D eigenvalue weighted by atomic mass is 10.1. The lowest BCUT2D eigenvalue weighted by Gasteiger charge is -2.20. The molecule has 0 spiro atoms. The molecule has 2 heterocycles. The van der Waals surface area contributed by atoms with Crippen molar-refractivity contribution in [3.63, 3.8) is 0 Å². The number of imidazole rings is 1. The molecule has 0 saturated carbocycles. The van der Waals surface area contributed by atoms with Crippen molar-refractivity contribution in [1.82, 2.24) is 14.9 Å². The highest BCUT2D eigenvalue weighted by atomic mass is 16.2. The number of hydrogen-bond acceptors (Lipinski definition) is 3. The molecular formula is C13H16N4O. The molecule has 1 aromatic heterocycles. The minimum absolute atomic E-state index is 0.0198. The van der Waals surface area contributed by atoms with Crippen LogP contribution in [0.1, 0.15) is 24.4 Å². The predicted molar refractivity (Wildman–Crippen MR) is 68.8 cm³/mol. The van der Waals surface area contributed by atoms with Gasteiger partial charge in [0, 0.05) is 13.1 Å². The Morgan fingerprint density at radius 2 is 2.17 bits per heavy atom. The van der Waals surface area contributed by atoms with E-state index in [1.807, 2.05) is 23.1 Å². The van der Waals surface area contributed by atoms with Crippen LogP contribution in [0.15, 0.2) is 24.5 Å². The van der Waals surface area contributed by atoms with Crippen molar-refractivity contribution in [2.45, 2.75) is 18.9 Å². The second-order valence-corrected chi connectivity index (χ2v) is 4.69. The first-order chi connectivity index (χ1) is 8.75. The van der Waals surface area contributed by atoms with Gasteiger partial charge in [-0.1, -0.05) is 6.07 Å². The van der Waals surface area contributed by atoms with Gasteiger partial charge in [0.2, 0.25) is 5.91 Å². The standard InChI is InChI=1S/C13H16N4O/c14-12(13(18)17-5-1-2-6-17)9-3-4-10-11(7-9)16-8-15-10/h3-4,7-8,12H,1-2,5-6,14H2,(H,15,16). The third-order valence-electron chi connectivity index (χ3n) is 3.49. The SMILES string of the molecule is NC(C(=O)N1CCCC1)c1ccc2nc[nH]c2c1. The molecule has 1 saturated heterocycles. The number of carbonyl (C=O) groups is 1. The van der Waals surface area contributed by atoms with Gasteiger partial charge in [-0.3, -0.25) is 4.79 Å². The third kappa shape index (κ3) is 1.86. The fourth-order valence-electron chi connectivity index (χ4n) is 2.42. The van der Waals surface area contributed by atoms with Gasteiger partial charge in [-0.05, 0) is 30.5 Å². The largest absolute Gasteiger partial charge is 0.345 e. The van der Waals surface area contributed by atoms with Crippen molar-refractivity contribution >= 4 is 16.9 Å². The van der Waals surface area contributed by atoms with Gasteiger partial charge in [0.15, 0.2) is 0 Å². The van der Waals surface area contributed by atoms with Gasteiger partial charge in [0.25, 0.3) is 0 Å². The molecule has 0 radical (unpaired) electrons. The first-order valence-electron chi connectivity index (χ1n) is 6.23. The number of H-pyrrole nitrogens is 1. The zero-order valence-electron chi connectivity index (χ0n) is 10.1. The number of rotatable bonds is 2. The molecule has 0 aliphatic carbocycles. The van der Waals surface area contributed by atoms with Crippen molar-refractivity contribution in [3.8, 4) is 0 Å². The molecule has 1 aliphatic heterocycles. The van der Waals surface area contributed by atoms with E-state index in [0.29, 0.717) is 0 Å². The molecular weight excluding hydrogens is 228 g/mol. The van der Waals surface area contributed by atoms with Crippen molar-refractivity contribution in [2.75, 3.05) is 13.1 Å². The fourth-order valence-corrected chi connectivity index (χ4v) is 2.42. The van der Waals surface area contributed by atoms with E-state index in [0.717, 1.165) is 42.5 Å².